The molecular formula is C16H20N4OS. The Morgan fingerprint density at radius 3 is 2.59 bits per heavy atom. The van der Waals surface area contributed by atoms with E-state index < -0.39 is 5.54 Å². The molecule has 1 atom stereocenters. The lowest BCUT2D eigenvalue weighted by atomic mass is 9.90. The third kappa shape index (κ3) is 4.22. The minimum Gasteiger partial charge on any atom is -0.337 e. The number of carbonyl (C=O) groups is 1. The molecule has 0 aliphatic heterocycles. The van der Waals surface area contributed by atoms with Gasteiger partial charge in [0.1, 0.15) is 16.6 Å². The van der Waals surface area contributed by atoms with Crippen LogP contribution in [0.5, 0.6) is 0 Å². The molecule has 0 saturated heterocycles. The van der Waals surface area contributed by atoms with E-state index in [0.717, 1.165) is 11.3 Å². The first-order valence-corrected chi connectivity index (χ1v) is 7.95. The molecule has 0 radical (unpaired) electrons. The maximum atomic E-state index is 12.1. The van der Waals surface area contributed by atoms with E-state index >= 15 is 0 Å². The number of hydrogen-bond donors (Lipinski definition) is 1. The first-order chi connectivity index (χ1) is 10.2. The van der Waals surface area contributed by atoms with Gasteiger partial charge in [0.05, 0.1) is 17.4 Å². The van der Waals surface area contributed by atoms with Crippen LogP contribution in [0.3, 0.4) is 0 Å². The van der Waals surface area contributed by atoms with Crippen LogP contribution in [0.4, 0.5) is 0 Å². The zero-order chi connectivity index (χ0) is 16.9. The number of aromatic nitrogens is 1. The van der Waals surface area contributed by atoms with Crippen molar-refractivity contribution in [2.75, 3.05) is 5.75 Å². The fraction of sp³-hybridized carbons (Fsp3) is 0.500. The van der Waals surface area contributed by atoms with Crippen LogP contribution in [-0.4, -0.2) is 22.2 Å². The second-order valence-corrected chi connectivity index (χ2v) is 6.64. The molecular weight excluding hydrogens is 296 g/mol. The minimum atomic E-state index is -0.897. The van der Waals surface area contributed by atoms with Crippen LogP contribution in [0.25, 0.3) is 0 Å². The van der Waals surface area contributed by atoms with Crippen LogP contribution >= 0.6 is 11.8 Å². The Bertz CT molecular complexity index is 657. The van der Waals surface area contributed by atoms with Crippen LogP contribution in [0, 0.1) is 42.4 Å². The van der Waals surface area contributed by atoms with E-state index in [1.54, 1.807) is 6.92 Å². The van der Waals surface area contributed by atoms with Gasteiger partial charge in [-0.25, -0.2) is 4.98 Å². The van der Waals surface area contributed by atoms with Gasteiger partial charge in [0, 0.05) is 5.69 Å². The molecule has 0 saturated carbocycles. The highest BCUT2D eigenvalue weighted by atomic mass is 32.2. The second kappa shape index (κ2) is 7.29. The highest BCUT2D eigenvalue weighted by Crippen LogP contribution is 2.24. The molecule has 1 heterocycles. The minimum absolute atomic E-state index is 0.000425. The number of pyridine rings is 1. The Morgan fingerprint density at radius 2 is 2.09 bits per heavy atom. The number of aryl methyl sites for hydroxylation is 2. The third-order valence-corrected chi connectivity index (χ3v) is 4.52. The van der Waals surface area contributed by atoms with Gasteiger partial charge in [0.2, 0.25) is 5.91 Å². The fourth-order valence-electron chi connectivity index (χ4n) is 1.80. The molecule has 1 amide bonds. The summed E-state index contributed by atoms with van der Waals surface area (Å²) in [6.07, 6.45) is 0. The van der Waals surface area contributed by atoms with E-state index in [9.17, 15) is 15.3 Å². The molecule has 22 heavy (non-hydrogen) atoms. The van der Waals surface area contributed by atoms with Crippen molar-refractivity contribution in [3.05, 3.63) is 22.9 Å². The van der Waals surface area contributed by atoms with Crippen molar-refractivity contribution in [2.45, 2.75) is 45.2 Å². The Morgan fingerprint density at radius 1 is 1.45 bits per heavy atom. The Hall–Kier alpha value is -2.05. The number of nitrogens with zero attached hydrogens (tertiary/aromatic N) is 3. The molecule has 1 N–H and O–H groups in total. The summed E-state index contributed by atoms with van der Waals surface area (Å²) in [7, 11) is 0. The topological polar surface area (TPSA) is 89.6 Å². The number of thioether (sulfide) groups is 1. The normalized spacial score (nSPS) is 13.1. The predicted molar refractivity (Wildman–Crippen MR) is 86.1 cm³/mol. The maximum absolute atomic E-state index is 12.1. The van der Waals surface area contributed by atoms with Crippen LogP contribution in [0.15, 0.2) is 11.1 Å². The molecule has 1 aromatic heterocycles. The molecule has 0 aliphatic rings. The van der Waals surface area contributed by atoms with Gasteiger partial charge in [0.25, 0.3) is 0 Å². The summed E-state index contributed by atoms with van der Waals surface area (Å²) in [6, 6.07) is 6.11. The summed E-state index contributed by atoms with van der Waals surface area (Å²) in [4.78, 5) is 16.4. The number of rotatable bonds is 5. The highest BCUT2D eigenvalue weighted by molar-refractivity contribution is 8.00. The molecule has 0 unspecified atom stereocenters. The van der Waals surface area contributed by atoms with Crippen molar-refractivity contribution in [1.29, 1.82) is 10.5 Å². The Labute approximate surface area is 135 Å². The molecule has 5 nitrogen and oxygen atoms in total. The molecule has 0 spiro atoms. The summed E-state index contributed by atoms with van der Waals surface area (Å²) < 4.78 is 0. The van der Waals surface area contributed by atoms with E-state index in [4.69, 9.17) is 0 Å². The van der Waals surface area contributed by atoms with Gasteiger partial charge in [-0.3, -0.25) is 4.79 Å². The van der Waals surface area contributed by atoms with Crippen molar-refractivity contribution in [1.82, 2.24) is 10.3 Å². The van der Waals surface area contributed by atoms with Crippen molar-refractivity contribution in [2.24, 2.45) is 5.92 Å². The number of nitriles is 2. The first-order valence-electron chi connectivity index (χ1n) is 6.97. The predicted octanol–water partition coefficient (Wildman–Crippen LogP) is 2.72. The van der Waals surface area contributed by atoms with Crippen LogP contribution in [0.2, 0.25) is 0 Å². The zero-order valence-electron chi connectivity index (χ0n) is 13.5. The fourth-order valence-corrected chi connectivity index (χ4v) is 2.70. The third-order valence-electron chi connectivity index (χ3n) is 3.55. The van der Waals surface area contributed by atoms with E-state index in [1.165, 1.54) is 11.8 Å². The van der Waals surface area contributed by atoms with E-state index in [-0.39, 0.29) is 17.6 Å². The van der Waals surface area contributed by atoms with Gasteiger partial charge in [-0.15, -0.1) is 0 Å². The quantitative estimate of drug-likeness (QED) is 0.844. The van der Waals surface area contributed by atoms with Gasteiger partial charge in [-0.2, -0.15) is 10.5 Å². The lowest BCUT2D eigenvalue weighted by Gasteiger charge is -2.27. The molecule has 0 aromatic carbocycles. The van der Waals surface area contributed by atoms with Gasteiger partial charge in [-0.05, 0) is 38.3 Å². The summed E-state index contributed by atoms with van der Waals surface area (Å²) in [5.74, 6) is -0.123. The molecule has 0 fully saturated rings. The number of nitrogens with one attached hydrogen (secondary N) is 1. The molecule has 0 bridgehead atoms. The Balaban J connectivity index is 2.82. The maximum Gasteiger partial charge on any atom is 0.231 e. The second-order valence-electron chi connectivity index (χ2n) is 5.68. The summed E-state index contributed by atoms with van der Waals surface area (Å²) in [5.41, 5.74) is 1.26. The SMILES string of the molecule is Cc1cc(C)c(C#N)c(SCC(=O)N[C@](C)(C#N)C(C)C)n1. The molecule has 1 aromatic rings. The number of hydrogen-bond acceptors (Lipinski definition) is 5. The average Bonchev–Trinajstić information content (AvgIpc) is 2.44. The number of amides is 1. The summed E-state index contributed by atoms with van der Waals surface area (Å²) in [5, 5.41) is 21.7. The number of carbonyl (C=O) groups excluding carboxylic acids is 1. The lowest BCUT2D eigenvalue weighted by molar-refractivity contribution is -0.120. The average molecular weight is 316 g/mol. The van der Waals surface area contributed by atoms with Crippen molar-refractivity contribution in [3.8, 4) is 12.1 Å². The van der Waals surface area contributed by atoms with E-state index in [1.807, 2.05) is 33.8 Å². The van der Waals surface area contributed by atoms with Crippen molar-refractivity contribution < 1.29 is 4.79 Å². The Kier molecular flexibility index (Phi) is 5.96. The van der Waals surface area contributed by atoms with Crippen molar-refractivity contribution >= 4 is 17.7 Å². The largest absolute Gasteiger partial charge is 0.337 e. The summed E-state index contributed by atoms with van der Waals surface area (Å²) >= 11 is 1.22. The standard InChI is InChI=1S/C16H20N4OS/c1-10(2)16(5,9-18)20-14(21)8-22-15-13(7-17)11(3)6-12(4)19-15/h6,10H,8H2,1-5H3,(H,20,21)/t16-/m1/s1. The van der Waals surface area contributed by atoms with Crippen LogP contribution in [-0.2, 0) is 4.79 Å². The van der Waals surface area contributed by atoms with E-state index in [2.05, 4.69) is 22.4 Å². The lowest BCUT2D eigenvalue weighted by Crippen LogP contribution is -2.49. The van der Waals surface area contributed by atoms with E-state index in [0.29, 0.717) is 10.6 Å². The molecule has 116 valence electrons. The monoisotopic (exact) mass is 316 g/mol. The smallest absolute Gasteiger partial charge is 0.231 e. The first kappa shape index (κ1) is 18.0. The molecule has 0 aliphatic carbocycles. The van der Waals surface area contributed by atoms with Crippen LogP contribution in [0.1, 0.15) is 37.6 Å². The van der Waals surface area contributed by atoms with Gasteiger partial charge in [0.15, 0.2) is 0 Å². The van der Waals surface area contributed by atoms with Crippen molar-refractivity contribution in [3.63, 3.8) is 0 Å². The van der Waals surface area contributed by atoms with Gasteiger partial charge < -0.3 is 5.32 Å². The van der Waals surface area contributed by atoms with Gasteiger partial charge >= 0.3 is 0 Å². The molecule has 6 heteroatoms. The van der Waals surface area contributed by atoms with Gasteiger partial charge in [-0.1, -0.05) is 25.6 Å². The highest BCUT2D eigenvalue weighted by Gasteiger charge is 2.29. The van der Waals surface area contributed by atoms with Crippen LogP contribution < -0.4 is 5.32 Å². The summed E-state index contributed by atoms with van der Waals surface area (Å²) in [6.45, 7) is 9.18. The zero-order valence-corrected chi connectivity index (χ0v) is 14.3. The molecule has 1 rings (SSSR count).